The van der Waals surface area contributed by atoms with Gasteiger partial charge in [0, 0.05) is 18.7 Å². The molecular formula is C14H20N2O3. The molecule has 1 amide bonds. The second-order valence-corrected chi connectivity index (χ2v) is 4.24. The predicted molar refractivity (Wildman–Crippen MR) is 72.7 cm³/mol. The van der Waals surface area contributed by atoms with E-state index >= 15 is 0 Å². The van der Waals surface area contributed by atoms with Crippen LogP contribution in [0.1, 0.15) is 34.8 Å². The lowest BCUT2D eigenvalue weighted by Crippen LogP contribution is -2.19. The van der Waals surface area contributed by atoms with Crippen LogP contribution < -0.4 is 11.1 Å². The van der Waals surface area contributed by atoms with Crippen LogP contribution in [-0.2, 0) is 16.1 Å². The molecule has 19 heavy (non-hydrogen) atoms. The van der Waals surface area contributed by atoms with Gasteiger partial charge in [0.05, 0.1) is 13.0 Å². The van der Waals surface area contributed by atoms with Crippen LogP contribution in [0.5, 0.6) is 0 Å². The topological polar surface area (TPSA) is 81.4 Å². The van der Waals surface area contributed by atoms with Crippen molar-refractivity contribution in [3.8, 4) is 0 Å². The van der Waals surface area contributed by atoms with Crippen LogP contribution in [0.25, 0.3) is 0 Å². The van der Waals surface area contributed by atoms with Crippen molar-refractivity contribution < 1.29 is 14.3 Å². The normalized spacial score (nSPS) is 10.2. The van der Waals surface area contributed by atoms with E-state index in [1.54, 1.807) is 19.1 Å². The molecule has 5 heteroatoms. The van der Waals surface area contributed by atoms with E-state index < -0.39 is 5.91 Å². The van der Waals surface area contributed by atoms with Crippen molar-refractivity contribution in [2.75, 3.05) is 13.2 Å². The van der Waals surface area contributed by atoms with E-state index in [2.05, 4.69) is 5.32 Å². The first kappa shape index (κ1) is 15.2. The van der Waals surface area contributed by atoms with Gasteiger partial charge in [-0.2, -0.15) is 0 Å². The van der Waals surface area contributed by atoms with Crippen molar-refractivity contribution >= 4 is 11.9 Å². The highest BCUT2D eigenvalue weighted by Crippen LogP contribution is 2.10. The smallest absolute Gasteiger partial charge is 0.307 e. The van der Waals surface area contributed by atoms with Gasteiger partial charge in [0.1, 0.15) is 0 Å². The molecule has 0 bridgehead atoms. The van der Waals surface area contributed by atoms with Gasteiger partial charge in [-0.1, -0.05) is 6.07 Å². The van der Waals surface area contributed by atoms with Crippen LogP contribution in [0.15, 0.2) is 18.2 Å². The quantitative estimate of drug-likeness (QED) is 0.571. The lowest BCUT2D eigenvalue weighted by Gasteiger charge is -2.08. The molecular weight excluding hydrogens is 244 g/mol. The number of aryl methyl sites for hydroxylation is 1. The van der Waals surface area contributed by atoms with Crippen molar-refractivity contribution in [2.45, 2.75) is 26.8 Å². The zero-order chi connectivity index (χ0) is 14.3. The molecule has 0 heterocycles. The Morgan fingerprint density at radius 3 is 2.68 bits per heavy atom. The number of primary amides is 1. The number of hydrogen-bond donors (Lipinski definition) is 2. The minimum absolute atomic E-state index is 0.198. The van der Waals surface area contributed by atoms with Gasteiger partial charge in [-0.3, -0.25) is 9.59 Å². The van der Waals surface area contributed by atoms with Crippen molar-refractivity contribution in [3.05, 3.63) is 34.9 Å². The Morgan fingerprint density at radius 1 is 1.37 bits per heavy atom. The molecule has 104 valence electrons. The van der Waals surface area contributed by atoms with Gasteiger partial charge >= 0.3 is 5.97 Å². The standard InChI is InChI=1S/C14H20N2O3/c1-3-19-13(17)6-7-16-9-12-5-4-11(14(15)18)8-10(12)2/h4-5,8,16H,3,6-7,9H2,1-2H3,(H2,15,18). The van der Waals surface area contributed by atoms with Crippen LogP contribution in [0, 0.1) is 6.92 Å². The summed E-state index contributed by atoms with van der Waals surface area (Å²) in [6, 6.07) is 5.34. The van der Waals surface area contributed by atoms with Crippen LogP contribution in [0.4, 0.5) is 0 Å². The second-order valence-electron chi connectivity index (χ2n) is 4.24. The zero-order valence-corrected chi connectivity index (χ0v) is 11.4. The molecule has 3 N–H and O–H groups in total. The van der Waals surface area contributed by atoms with E-state index in [4.69, 9.17) is 10.5 Å². The molecule has 0 aliphatic heterocycles. The van der Waals surface area contributed by atoms with E-state index in [0.29, 0.717) is 31.7 Å². The van der Waals surface area contributed by atoms with Gasteiger partial charge in [0.25, 0.3) is 0 Å². The Hall–Kier alpha value is -1.88. The number of carbonyl (C=O) groups is 2. The summed E-state index contributed by atoms with van der Waals surface area (Å²) < 4.78 is 4.83. The summed E-state index contributed by atoms with van der Waals surface area (Å²) in [5.74, 6) is -0.624. The molecule has 5 nitrogen and oxygen atoms in total. The van der Waals surface area contributed by atoms with Crippen LogP contribution >= 0.6 is 0 Å². The number of nitrogens with two attached hydrogens (primary N) is 1. The Morgan fingerprint density at radius 2 is 2.11 bits per heavy atom. The molecule has 0 radical (unpaired) electrons. The van der Waals surface area contributed by atoms with Gasteiger partial charge in [0.2, 0.25) is 5.91 Å². The maximum absolute atomic E-state index is 11.1. The van der Waals surface area contributed by atoms with E-state index in [9.17, 15) is 9.59 Å². The number of amides is 1. The molecule has 0 saturated heterocycles. The largest absolute Gasteiger partial charge is 0.466 e. The first-order chi connectivity index (χ1) is 9.04. The molecule has 0 saturated carbocycles. The second kappa shape index (κ2) is 7.53. The first-order valence-corrected chi connectivity index (χ1v) is 6.30. The number of esters is 1. The zero-order valence-electron chi connectivity index (χ0n) is 11.4. The number of carbonyl (C=O) groups excluding carboxylic acids is 2. The van der Waals surface area contributed by atoms with Crippen LogP contribution in [0.2, 0.25) is 0 Å². The van der Waals surface area contributed by atoms with E-state index in [-0.39, 0.29) is 5.97 Å². The maximum atomic E-state index is 11.1. The SMILES string of the molecule is CCOC(=O)CCNCc1ccc(C(N)=O)cc1C. The summed E-state index contributed by atoms with van der Waals surface area (Å²) in [6.07, 6.45) is 0.353. The molecule has 0 aromatic heterocycles. The summed E-state index contributed by atoms with van der Waals surface area (Å²) >= 11 is 0. The minimum atomic E-state index is -0.426. The summed E-state index contributed by atoms with van der Waals surface area (Å²) in [4.78, 5) is 22.1. The Bertz CT molecular complexity index is 458. The molecule has 0 fully saturated rings. The summed E-state index contributed by atoms with van der Waals surface area (Å²) in [7, 11) is 0. The van der Waals surface area contributed by atoms with Crippen molar-refractivity contribution in [1.29, 1.82) is 0 Å². The van der Waals surface area contributed by atoms with Crippen molar-refractivity contribution in [3.63, 3.8) is 0 Å². The average molecular weight is 264 g/mol. The van der Waals surface area contributed by atoms with Gasteiger partial charge in [0.15, 0.2) is 0 Å². The monoisotopic (exact) mass is 264 g/mol. The third-order valence-corrected chi connectivity index (χ3v) is 2.75. The molecule has 0 aliphatic carbocycles. The lowest BCUT2D eigenvalue weighted by molar-refractivity contribution is -0.142. The number of benzene rings is 1. The van der Waals surface area contributed by atoms with Crippen LogP contribution in [-0.4, -0.2) is 25.0 Å². The Balaban J connectivity index is 2.41. The Labute approximate surface area is 113 Å². The fourth-order valence-electron chi connectivity index (χ4n) is 1.69. The van der Waals surface area contributed by atoms with E-state index in [1.807, 2.05) is 13.0 Å². The summed E-state index contributed by atoms with van der Waals surface area (Å²) in [6.45, 7) is 5.33. The molecule has 0 unspecified atom stereocenters. The first-order valence-electron chi connectivity index (χ1n) is 6.30. The summed E-state index contributed by atoms with van der Waals surface area (Å²) in [5.41, 5.74) is 7.79. The molecule has 1 rings (SSSR count). The Kier molecular flexibility index (Phi) is 6.02. The number of hydrogen-bond acceptors (Lipinski definition) is 4. The fraction of sp³-hybridized carbons (Fsp3) is 0.429. The van der Waals surface area contributed by atoms with E-state index in [1.165, 1.54) is 0 Å². The fourth-order valence-corrected chi connectivity index (χ4v) is 1.69. The van der Waals surface area contributed by atoms with Gasteiger partial charge in [-0.05, 0) is 37.1 Å². The third-order valence-electron chi connectivity index (χ3n) is 2.75. The molecule has 1 aromatic carbocycles. The van der Waals surface area contributed by atoms with Gasteiger partial charge in [-0.25, -0.2) is 0 Å². The van der Waals surface area contributed by atoms with E-state index in [0.717, 1.165) is 11.1 Å². The predicted octanol–water partition coefficient (Wildman–Crippen LogP) is 1.14. The summed E-state index contributed by atoms with van der Waals surface area (Å²) in [5, 5.41) is 3.16. The number of rotatable bonds is 7. The minimum Gasteiger partial charge on any atom is -0.466 e. The lowest BCUT2D eigenvalue weighted by atomic mass is 10.0. The maximum Gasteiger partial charge on any atom is 0.307 e. The average Bonchev–Trinajstić information content (AvgIpc) is 2.36. The van der Waals surface area contributed by atoms with Crippen LogP contribution in [0.3, 0.4) is 0 Å². The van der Waals surface area contributed by atoms with Gasteiger partial charge < -0.3 is 15.8 Å². The molecule has 0 aliphatic rings. The highest BCUT2D eigenvalue weighted by atomic mass is 16.5. The highest BCUT2D eigenvalue weighted by molar-refractivity contribution is 5.93. The van der Waals surface area contributed by atoms with Crippen molar-refractivity contribution in [1.82, 2.24) is 5.32 Å². The molecule has 1 aromatic rings. The molecule has 0 spiro atoms. The highest BCUT2D eigenvalue weighted by Gasteiger charge is 2.05. The number of nitrogens with one attached hydrogen (secondary N) is 1. The van der Waals surface area contributed by atoms with Crippen molar-refractivity contribution in [2.24, 2.45) is 5.73 Å². The van der Waals surface area contributed by atoms with Gasteiger partial charge in [-0.15, -0.1) is 0 Å². The number of ether oxygens (including phenoxy) is 1. The third kappa shape index (κ3) is 5.09. The molecule has 0 atom stereocenters.